The molecule has 0 unspecified atom stereocenters. The second kappa shape index (κ2) is 11.0. The molecule has 0 aliphatic heterocycles. The Morgan fingerprint density at radius 3 is 2.33 bits per heavy atom. The average Bonchev–Trinajstić information content (AvgIpc) is 1.81. The van der Waals surface area contributed by atoms with Gasteiger partial charge in [0.1, 0.15) is 0 Å². The van der Waals surface area contributed by atoms with Crippen molar-refractivity contribution >= 4 is 0 Å². The van der Waals surface area contributed by atoms with Gasteiger partial charge in [-0.2, -0.15) is 0 Å². The zero-order chi connectivity index (χ0) is 6.24. The quantitative estimate of drug-likeness (QED) is 0.381. The summed E-state index contributed by atoms with van der Waals surface area (Å²) in [6.45, 7) is 5.77. The molecule has 0 aliphatic rings. The zero-order valence-corrected chi connectivity index (χ0v) is 7.65. The van der Waals surface area contributed by atoms with E-state index < -0.39 is 0 Å². The normalized spacial score (nSPS) is 9.00. The van der Waals surface area contributed by atoms with Crippen molar-refractivity contribution < 1.29 is 19.5 Å². The van der Waals surface area contributed by atoms with Crippen molar-refractivity contribution in [2.45, 2.75) is 26.2 Å². The average molecular weight is 211 g/mol. The third-order valence-corrected chi connectivity index (χ3v) is 0.940. The summed E-state index contributed by atoms with van der Waals surface area (Å²) in [5, 5.41) is 0. The molecule has 1 heteroatoms. The molecule has 0 amide bonds. The fraction of sp³-hybridized carbons (Fsp3) is 0.500. The molecule has 0 N–H and O–H groups in total. The van der Waals surface area contributed by atoms with Gasteiger partial charge in [0.2, 0.25) is 0 Å². The number of unbranched alkanes of at least 4 members (excludes halogenated alkanes) is 1. The first kappa shape index (κ1) is 11.8. The van der Waals surface area contributed by atoms with Crippen LogP contribution in [0, 0.1) is 0 Å². The summed E-state index contributed by atoms with van der Waals surface area (Å²) in [5.41, 5.74) is 0. The topological polar surface area (TPSA) is 0 Å². The summed E-state index contributed by atoms with van der Waals surface area (Å²) in [5.74, 6) is 0. The van der Waals surface area contributed by atoms with Crippen molar-refractivity contribution in [1.82, 2.24) is 0 Å². The molecule has 0 aromatic rings. The van der Waals surface area contributed by atoms with Gasteiger partial charge in [0.15, 0.2) is 0 Å². The van der Waals surface area contributed by atoms with Crippen LogP contribution in [0.1, 0.15) is 26.2 Å². The van der Waals surface area contributed by atoms with Gasteiger partial charge >= 0.3 is 0 Å². The summed E-state index contributed by atoms with van der Waals surface area (Å²) in [7, 11) is 0. The molecule has 54 valence electrons. The number of hydrogen-bond donors (Lipinski definition) is 0. The van der Waals surface area contributed by atoms with E-state index in [1.807, 2.05) is 6.08 Å². The molecule has 0 aliphatic carbocycles. The second-order valence-electron chi connectivity index (χ2n) is 1.75. The van der Waals surface area contributed by atoms with Crippen LogP contribution in [0.2, 0.25) is 0 Å². The molecule has 0 nitrogen and oxygen atoms in total. The molecule has 0 saturated carbocycles. The molecule has 0 radical (unpaired) electrons. The van der Waals surface area contributed by atoms with Crippen LogP contribution in [0.25, 0.3) is 0 Å². The van der Waals surface area contributed by atoms with E-state index in [0.717, 1.165) is 19.3 Å². The molecule has 0 bridgehead atoms. The summed E-state index contributed by atoms with van der Waals surface area (Å²) in [6, 6.07) is 0. The van der Waals surface area contributed by atoms with Gasteiger partial charge < -0.3 is 0 Å². The predicted molar refractivity (Wildman–Crippen MR) is 38.9 cm³/mol. The van der Waals surface area contributed by atoms with Gasteiger partial charge in [-0.05, 0) is 19.3 Å². The van der Waals surface area contributed by atoms with E-state index in [1.165, 1.54) is 0 Å². The summed E-state index contributed by atoms with van der Waals surface area (Å²) < 4.78 is 0. The number of allylic oxidation sites excluding steroid dienone is 3. The molecular formula is C8H14Ru. The van der Waals surface area contributed by atoms with Gasteiger partial charge in [0.05, 0.1) is 0 Å². The van der Waals surface area contributed by atoms with Crippen LogP contribution in [0.5, 0.6) is 0 Å². The summed E-state index contributed by atoms with van der Waals surface area (Å²) in [6.07, 6.45) is 9.73. The second-order valence-corrected chi connectivity index (χ2v) is 1.75. The van der Waals surface area contributed by atoms with Crippen molar-refractivity contribution in [3.05, 3.63) is 24.8 Å². The predicted octanol–water partition coefficient (Wildman–Crippen LogP) is 2.92. The fourth-order valence-electron chi connectivity index (χ4n) is 0.499. The van der Waals surface area contributed by atoms with E-state index in [4.69, 9.17) is 0 Å². The molecule has 0 heterocycles. The Labute approximate surface area is 70.8 Å². The van der Waals surface area contributed by atoms with Crippen LogP contribution in [0.3, 0.4) is 0 Å². The van der Waals surface area contributed by atoms with Crippen LogP contribution in [0.15, 0.2) is 24.8 Å². The molecular weight excluding hydrogens is 197 g/mol. The van der Waals surface area contributed by atoms with Gasteiger partial charge in [0.25, 0.3) is 0 Å². The molecule has 0 atom stereocenters. The van der Waals surface area contributed by atoms with Crippen molar-refractivity contribution in [3.63, 3.8) is 0 Å². The Morgan fingerprint density at radius 2 is 1.89 bits per heavy atom. The molecule has 0 aromatic heterocycles. The minimum Gasteiger partial charge on any atom is -0.103 e. The fourth-order valence-corrected chi connectivity index (χ4v) is 0.499. The Kier molecular flexibility index (Phi) is 14.4. The monoisotopic (exact) mass is 212 g/mol. The minimum absolute atomic E-state index is 0. The molecule has 0 spiro atoms. The van der Waals surface area contributed by atoms with E-state index >= 15 is 0 Å². The maximum Gasteiger partial charge on any atom is 0 e. The molecule has 0 rings (SSSR count). The first-order chi connectivity index (χ1) is 3.91. The van der Waals surface area contributed by atoms with E-state index in [-0.39, 0.29) is 19.5 Å². The van der Waals surface area contributed by atoms with Crippen molar-refractivity contribution in [2.24, 2.45) is 0 Å². The van der Waals surface area contributed by atoms with Crippen molar-refractivity contribution in [3.8, 4) is 0 Å². The first-order valence-electron chi connectivity index (χ1n) is 3.17. The first-order valence-corrected chi connectivity index (χ1v) is 3.17. The Hall–Kier alpha value is 0.103. The maximum atomic E-state index is 3.62. The van der Waals surface area contributed by atoms with Gasteiger partial charge in [-0.1, -0.05) is 25.2 Å². The smallest absolute Gasteiger partial charge is 0 e. The van der Waals surface area contributed by atoms with Crippen molar-refractivity contribution in [1.29, 1.82) is 0 Å². The van der Waals surface area contributed by atoms with Crippen LogP contribution in [-0.2, 0) is 19.5 Å². The SMILES string of the molecule is C=CCCC=CCC.[Ru]. The molecule has 9 heavy (non-hydrogen) atoms. The van der Waals surface area contributed by atoms with E-state index in [1.54, 1.807) is 0 Å². The third-order valence-electron chi connectivity index (χ3n) is 0.940. The largest absolute Gasteiger partial charge is 0.103 e. The minimum atomic E-state index is 0. The standard InChI is InChI=1S/C8H14.Ru/c1-3-5-7-8-6-4-2;/h3,6,8H,1,4-5,7H2,2H3;. The third kappa shape index (κ3) is 11.6. The van der Waals surface area contributed by atoms with E-state index in [9.17, 15) is 0 Å². The Bertz CT molecular complexity index is 74.6. The molecule has 0 saturated heterocycles. The van der Waals surface area contributed by atoms with Crippen LogP contribution in [-0.4, -0.2) is 0 Å². The van der Waals surface area contributed by atoms with Gasteiger partial charge in [-0.3, -0.25) is 0 Å². The number of rotatable bonds is 4. The van der Waals surface area contributed by atoms with Crippen LogP contribution in [0.4, 0.5) is 0 Å². The Balaban J connectivity index is 0. The maximum absolute atomic E-state index is 3.62. The number of hydrogen-bond acceptors (Lipinski definition) is 0. The van der Waals surface area contributed by atoms with E-state index in [0.29, 0.717) is 0 Å². The zero-order valence-electron chi connectivity index (χ0n) is 5.91. The van der Waals surface area contributed by atoms with Gasteiger partial charge in [0, 0.05) is 19.5 Å². The summed E-state index contributed by atoms with van der Waals surface area (Å²) in [4.78, 5) is 0. The van der Waals surface area contributed by atoms with Crippen LogP contribution >= 0.6 is 0 Å². The Morgan fingerprint density at radius 1 is 1.22 bits per heavy atom. The van der Waals surface area contributed by atoms with Gasteiger partial charge in [-0.15, -0.1) is 6.58 Å². The molecule has 0 fully saturated rings. The molecule has 0 aromatic carbocycles. The van der Waals surface area contributed by atoms with Crippen molar-refractivity contribution in [2.75, 3.05) is 0 Å². The van der Waals surface area contributed by atoms with E-state index in [2.05, 4.69) is 25.7 Å². The van der Waals surface area contributed by atoms with Gasteiger partial charge in [-0.25, -0.2) is 0 Å². The summed E-state index contributed by atoms with van der Waals surface area (Å²) >= 11 is 0. The van der Waals surface area contributed by atoms with Crippen LogP contribution < -0.4 is 0 Å².